The zero-order chi connectivity index (χ0) is 9.42. The van der Waals surface area contributed by atoms with E-state index in [0.717, 1.165) is 20.5 Å². The zero-order valence-electron chi connectivity index (χ0n) is 6.79. The fraction of sp³-hybridized carbons (Fsp3) is 0. The minimum absolute atomic E-state index is 0.301. The third kappa shape index (κ3) is 1.45. The van der Waals surface area contributed by atoms with Crippen molar-refractivity contribution in [3.05, 3.63) is 34.8 Å². The van der Waals surface area contributed by atoms with Gasteiger partial charge in [0.2, 0.25) is 0 Å². The number of hydrogen-bond donors (Lipinski definition) is 1. The average Bonchev–Trinajstić information content (AvgIpc) is 2.15. The predicted octanol–water partition coefficient (Wildman–Crippen LogP) is 2.81. The maximum absolute atomic E-state index is 9.55. The van der Waals surface area contributed by atoms with Gasteiger partial charge in [0, 0.05) is 9.78 Å². The van der Waals surface area contributed by atoms with Crippen LogP contribution in [0.25, 0.3) is 10.8 Å². The molecule has 0 aliphatic rings. The molecule has 0 aliphatic heterocycles. The highest BCUT2D eigenvalue weighted by Gasteiger charge is 2.05. The van der Waals surface area contributed by atoms with Crippen LogP contribution < -0.4 is 5.30 Å². The Morgan fingerprint density at radius 3 is 2.46 bits per heavy atom. The molecule has 0 saturated heterocycles. The van der Waals surface area contributed by atoms with Crippen molar-refractivity contribution in [3.63, 3.8) is 0 Å². The summed E-state index contributed by atoms with van der Waals surface area (Å²) in [6.07, 6.45) is 0. The Bertz CT molecular complexity index is 468. The van der Waals surface area contributed by atoms with Crippen LogP contribution in [0.3, 0.4) is 0 Å². The number of hydrogen-bond acceptors (Lipinski definition) is 1. The molecule has 0 heterocycles. The van der Waals surface area contributed by atoms with Gasteiger partial charge in [-0.25, -0.2) is 0 Å². The van der Waals surface area contributed by atoms with E-state index in [4.69, 9.17) is 0 Å². The lowest BCUT2D eigenvalue weighted by Crippen LogP contribution is -1.94. The van der Waals surface area contributed by atoms with E-state index in [-0.39, 0.29) is 0 Å². The van der Waals surface area contributed by atoms with E-state index in [1.165, 1.54) is 0 Å². The molecule has 1 N–H and O–H groups in total. The molecule has 0 aromatic heterocycles. The second-order valence-electron chi connectivity index (χ2n) is 2.84. The van der Waals surface area contributed by atoms with Crippen LogP contribution in [0.15, 0.2) is 34.8 Å². The predicted molar refractivity (Wildman–Crippen MR) is 62.7 cm³/mol. The van der Waals surface area contributed by atoms with Crippen molar-refractivity contribution in [3.8, 4) is 5.75 Å². The smallest absolute Gasteiger partial charge is 0.124 e. The summed E-state index contributed by atoms with van der Waals surface area (Å²) in [6.45, 7) is 0. The molecule has 0 bridgehead atoms. The lowest BCUT2D eigenvalue weighted by Gasteiger charge is -2.05. The Morgan fingerprint density at radius 2 is 1.77 bits per heavy atom. The number of phenols is 1. The number of rotatable bonds is 0. The van der Waals surface area contributed by atoms with E-state index in [1.807, 2.05) is 24.3 Å². The summed E-state index contributed by atoms with van der Waals surface area (Å²) < 4.78 is 0.923. The third-order valence-corrected chi connectivity index (χ3v) is 3.28. The molecule has 1 unspecified atom stereocenters. The standard InChI is InChI=1S/C10H8BrOP/c11-8-5-9(12)10(13)7-4-2-1-3-6(7)8/h1-5,12H,13H2. The average molecular weight is 255 g/mol. The molecule has 0 aliphatic carbocycles. The molecule has 66 valence electrons. The molecule has 13 heavy (non-hydrogen) atoms. The van der Waals surface area contributed by atoms with Gasteiger partial charge in [-0.3, -0.25) is 0 Å². The van der Waals surface area contributed by atoms with E-state index in [9.17, 15) is 5.11 Å². The van der Waals surface area contributed by atoms with Crippen molar-refractivity contribution in [1.29, 1.82) is 0 Å². The van der Waals surface area contributed by atoms with Gasteiger partial charge in [-0.2, -0.15) is 0 Å². The minimum Gasteiger partial charge on any atom is -0.507 e. The van der Waals surface area contributed by atoms with Gasteiger partial charge in [0.05, 0.1) is 0 Å². The molecule has 1 nitrogen and oxygen atoms in total. The largest absolute Gasteiger partial charge is 0.507 e. The summed E-state index contributed by atoms with van der Waals surface area (Å²) >= 11 is 3.41. The number of fused-ring (bicyclic) bond motifs is 1. The summed E-state index contributed by atoms with van der Waals surface area (Å²) in [5.41, 5.74) is 0. The lowest BCUT2D eigenvalue weighted by molar-refractivity contribution is 0.480. The molecule has 0 saturated carbocycles. The summed E-state index contributed by atoms with van der Waals surface area (Å²) in [6, 6.07) is 9.66. The van der Waals surface area contributed by atoms with Crippen molar-refractivity contribution < 1.29 is 5.11 Å². The number of halogens is 1. The van der Waals surface area contributed by atoms with E-state index >= 15 is 0 Å². The van der Waals surface area contributed by atoms with Crippen LogP contribution in [-0.4, -0.2) is 5.11 Å². The summed E-state index contributed by atoms with van der Waals surface area (Å²) in [5, 5.41) is 12.6. The van der Waals surface area contributed by atoms with Gasteiger partial charge >= 0.3 is 0 Å². The highest BCUT2D eigenvalue weighted by molar-refractivity contribution is 9.10. The van der Waals surface area contributed by atoms with Crippen LogP contribution >= 0.6 is 25.2 Å². The number of aromatic hydroxyl groups is 1. The van der Waals surface area contributed by atoms with E-state index in [0.29, 0.717) is 5.75 Å². The van der Waals surface area contributed by atoms with Gasteiger partial charge in [0.25, 0.3) is 0 Å². The molecular weight excluding hydrogens is 247 g/mol. The highest BCUT2D eigenvalue weighted by Crippen LogP contribution is 2.28. The number of phenolic OH excluding ortho intramolecular Hbond substituents is 1. The van der Waals surface area contributed by atoms with Crippen LogP contribution in [0.4, 0.5) is 0 Å². The Hall–Kier alpha value is -0.590. The van der Waals surface area contributed by atoms with Gasteiger partial charge < -0.3 is 5.11 Å². The van der Waals surface area contributed by atoms with Crippen LogP contribution in [0, 0.1) is 0 Å². The van der Waals surface area contributed by atoms with E-state index < -0.39 is 0 Å². The molecule has 0 spiro atoms. The van der Waals surface area contributed by atoms with Gasteiger partial charge in [0.1, 0.15) is 5.75 Å². The Balaban J connectivity index is 2.97. The zero-order valence-corrected chi connectivity index (χ0v) is 9.53. The van der Waals surface area contributed by atoms with Crippen LogP contribution in [0.1, 0.15) is 0 Å². The van der Waals surface area contributed by atoms with Crippen molar-refractivity contribution in [2.75, 3.05) is 0 Å². The molecule has 3 heteroatoms. The Morgan fingerprint density at radius 1 is 1.15 bits per heavy atom. The molecular formula is C10H8BrOP. The van der Waals surface area contributed by atoms with Crippen molar-refractivity contribution in [2.24, 2.45) is 0 Å². The summed E-state index contributed by atoms with van der Waals surface area (Å²) in [4.78, 5) is 0. The second-order valence-corrected chi connectivity index (χ2v) is 4.27. The van der Waals surface area contributed by atoms with Crippen LogP contribution in [0.5, 0.6) is 5.75 Å². The van der Waals surface area contributed by atoms with Crippen molar-refractivity contribution in [1.82, 2.24) is 0 Å². The topological polar surface area (TPSA) is 20.2 Å². The molecule has 0 fully saturated rings. The first-order valence-corrected chi connectivity index (χ1v) is 5.23. The Kier molecular flexibility index (Phi) is 2.27. The summed E-state index contributed by atoms with van der Waals surface area (Å²) in [5.74, 6) is 0.301. The molecule has 0 amide bonds. The lowest BCUT2D eigenvalue weighted by atomic mass is 10.1. The summed E-state index contributed by atoms with van der Waals surface area (Å²) in [7, 11) is 2.55. The molecule has 0 radical (unpaired) electrons. The molecule has 1 atom stereocenters. The Labute approximate surface area is 87.1 Å². The SMILES string of the molecule is Oc1cc(Br)c2ccccc2c1P. The molecule has 2 rings (SSSR count). The monoisotopic (exact) mass is 254 g/mol. The van der Waals surface area contributed by atoms with Gasteiger partial charge in [-0.15, -0.1) is 9.24 Å². The fourth-order valence-electron chi connectivity index (χ4n) is 1.34. The first kappa shape index (κ1) is 8.98. The van der Waals surface area contributed by atoms with Gasteiger partial charge in [-0.05, 0) is 16.8 Å². The fourth-order valence-corrected chi connectivity index (χ4v) is 2.24. The van der Waals surface area contributed by atoms with E-state index in [2.05, 4.69) is 25.2 Å². The van der Waals surface area contributed by atoms with E-state index in [1.54, 1.807) is 6.07 Å². The maximum Gasteiger partial charge on any atom is 0.124 e. The maximum atomic E-state index is 9.55. The second kappa shape index (κ2) is 3.28. The van der Waals surface area contributed by atoms with Crippen molar-refractivity contribution in [2.45, 2.75) is 0 Å². The minimum atomic E-state index is 0.301. The van der Waals surface area contributed by atoms with Crippen LogP contribution in [-0.2, 0) is 0 Å². The van der Waals surface area contributed by atoms with Gasteiger partial charge in [0.15, 0.2) is 0 Å². The highest BCUT2D eigenvalue weighted by atomic mass is 79.9. The van der Waals surface area contributed by atoms with Crippen molar-refractivity contribution >= 4 is 41.2 Å². The number of benzene rings is 2. The first-order valence-electron chi connectivity index (χ1n) is 3.86. The third-order valence-electron chi connectivity index (χ3n) is 2.01. The van der Waals surface area contributed by atoms with Gasteiger partial charge in [-0.1, -0.05) is 40.2 Å². The molecule has 2 aromatic carbocycles. The normalized spacial score (nSPS) is 10.6. The quantitative estimate of drug-likeness (QED) is 0.717. The van der Waals surface area contributed by atoms with Crippen LogP contribution in [0.2, 0.25) is 0 Å². The first-order chi connectivity index (χ1) is 6.20. The molecule has 2 aromatic rings.